The average Bonchev–Trinajstić information content (AvgIpc) is 3.73. The largest absolute Gasteiger partial charge is 0.483 e. The number of carbonyl (C=O) groups excluding carboxylic acids is 6. The predicted octanol–water partition coefficient (Wildman–Crippen LogP) is 6.42. The van der Waals surface area contributed by atoms with Crippen LogP contribution in [0.1, 0.15) is 91.3 Å². The molecule has 1 aliphatic rings. The summed E-state index contributed by atoms with van der Waals surface area (Å²) < 4.78 is 2.28. The van der Waals surface area contributed by atoms with Crippen LogP contribution in [0.4, 0.5) is 0 Å². The van der Waals surface area contributed by atoms with Gasteiger partial charge < -0.3 is 46.1 Å². The Labute approximate surface area is 449 Å². The molecule has 6 N–H and O–H groups in total. The zero-order valence-corrected chi connectivity index (χ0v) is 46.8. The van der Waals surface area contributed by atoms with Crippen LogP contribution >= 0.6 is 0 Å². The third-order valence-corrected chi connectivity index (χ3v) is 12.0. The van der Waals surface area contributed by atoms with Gasteiger partial charge in [0.25, 0.3) is 6.47 Å². The quantitative estimate of drug-likeness (QED) is 0.0503. The number of likely N-dealkylation sites (N-methyl/N-ethyl adjacent to an activating group) is 2. The Balaban J connectivity index is 0.000000475. The van der Waals surface area contributed by atoms with Crippen molar-refractivity contribution < 1.29 is 38.7 Å². The van der Waals surface area contributed by atoms with Crippen molar-refractivity contribution in [2.24, 2.45) is 17.6 Å². The second-order valence-electron chi connectivity index (χ2n) is 20.4. The number of para-hydroxylation sites is 1. The lowest BCUT2D eigenvalue weighted by atomic mass is 10.0. The molecule has 3 atom stereocenters. The van der Waals surface area contributed by atoms with Gasteiger partial charge >= 0.3 is 0 Å². The number of aryl methyl sites for hydroxylation is 2. The van der Waals surface area contributed by atoms with Crippen LogP contribution in [-0.4, -0.2) is 141 Å². The zero-order valence-electron chi connectivity index (χ0n) is 46.8. The molecule has 3 heterocycles. The Morgan fingerprint density at radius 2 is 1.49 bits per heavy atom. The van der Waals surface area contributed by atoms with Crippen molar-refractivity contribution in [1.29, 1.82) is 0 Å². The van der Waals surface area contributed by atoms with Gasteiger partial charge in [0.05, 0.1) is 42.2 Å². The minimum absolute atomic E-state index is 0.0339. The molecule has 1 aliphatic heterocycles. The monoisotopic (exact) mass is 1050 g/mol. The molecule has 3 unspecified atom stereocenters. The van der Waals surface area contributed by atoms with Gasteiger partial charge in [-0.1, -0.05) is 95.3 Å². The van der Waals surface area contributed by atoms with Crippen molar-refractivity contribution in [3.63, 3.8) is 0 Å². The van der Waals surface area contributed by atoms with Crippen LogP contribution < -0.4 is 21.7 Å². The number of likely N-dealkylation sites (tertiary alicyclic amines) is 1. The molecular formula is C58H84N10O8. The van der Waals surface area contributed by atoms with Gasteiger partial charge in [-0.2, -0.15) is 0 Å². The van der Waals surface area contributed by atoms with E-state index in [1.54, 1.807) is 24.3 Å². The fraction of sp³-hybridized carbons (Fsp3) is 0.466. The van der Waals surface area contributed by atoms with Crippen molar-refractivity contribution in [3.8, 4) is 0 Å². The Morgan fingerprint density at radius 1 is 0.882 bits per heavy atom. The van der Waals surface area contributed by atoms with E-state index in [2.05, 4.69) is 123 Å². The van der Waals surface area contributed by atoms with Crippen LogP contribution in [0, 0.1) is 25.7 Å². The van der Waals surface area contributed by atoms with Crippen molar-refractivity contribution in [2.75, 3.05) is 46.8 Å². The van der Waals surface area contributed by atoms with Crippen LogP contribution in [0.25, 0.3) is 21.9 Å². The van der Waals surface area contributed by atoms with Gasteiger partial charge in [-0.3, -0.25) is 43.5 Å². The van der Waals surface area contributed by atoms with E-state index in [0.717, 1.165) is 40.3 Å². The number of nitrogens with two attached hydrogens (primary N) is 1. The second-order valence-corrected chi connectivity index (χ2v) is 20.4. The highest BCUT2D eigenvalue weighted by Gasteiger charge is 2.35. The number of benzene rings is 3. The zero-order chi connectivity index (χ0) is 57.1. The summed E-state index contributed by atoms with van der Waals surface area (Å²) in [6.07, 6.45) is 10.2. The van der Waals surface area contributed by atoms with E-state index in [1.165, 1.54) is 40.9 Å². The fourth-order valence-corrected chi connectivity index (χ4v) is 7.65. The maximum Gasteiger partial charge on any atom is 0.290 e. The topological polar surface area (TPSA) is 242 Å². The molecular weight excluding hydrogens is 965 g/mol. The van der Waals surface area contributed by atoms with E-state index in [1.807, 2.05) is 61.5 Å². The maximum atomic E-state index is 13.0. The summed E-state index contributed by atoms with van der Waals surface area (Å²) in [5.74, 6) is -1.37. The number of fused-ring (bicyclic) bond motifs is 2. The first-order valence-corrected chi connectivity index (χ1v) is 25.8. The molecule has 414 valence electrons. The van der Waals surface area contributed by atoms with Crippen LogP contribution in [0.15, 0.2) is 104 Å². The van der Waals surface area contributed by atoms with E-state index in [9.17, 15) is 28.8 Å². The Morgan fingerprint density at radius 3 is 2.11 bits per heavy atom. The molecule has 0 aliphatic carbocycles. The molecule has 0 saturated carbocycles. The average molecular weight is 1050 g/mol. The minimum Gasteiger partial charge on any atom is -0.483 e. The van der Waals surface area contributed by atoms with Crippen LogP contribution in [0.5, 0.6) is 0 Å². The van der Waals surface area contributed by atoms with Gasteiger partial charge in [-0.15, -0.1) is 6.58 Å². The Bertz CT molecular complexity index is 2650. The normalized spacial score (nSPS) is 13.6. The molecule has 6 rings (SSSR count). The molecule has 1 saturated heterocycles. The number of hydrogen-bond acceptors (Lipinski definition) is 10. The molecule has 0 spiro atoms. The fourth-order valence-electron chi connectivity index (χ4n) is 7.65. The second kappa shape index (κ2) is 32.8. The summed E-state index contributed by atoms with van der Waals surface area (Å²) >= 11 is 0. The summed E-state index contributed by atoms with van der Waals surface area (Å²) in [6, 6.07) is 21.5. The maximum absolute atomic E-state index is 13.0. The molecule has 0 bridgehead atoms. The lowest BCUT2D eigenvalue weighted by Crippen LogP contribution is -2.57. The van der Waals surface area contributed by atoms with Crippen molar-refractivity contribution in [3.05, 3.63) is 121 Å². The van der Waals surface area contributed by atoms with Gasteiger partial charge in [-0.25, -0.2) is 0 Å². The number of aromatic nitrogens is 3. The smallest absolute Gasteiger partial charge is 0.290 e. The summed E-state index contributed by atoms with van der Waals surface area (Å²) in [5.41, 5.74) is 12.5. The van der Waals surface area contributed by atoms with Gasteiger partial charge in [0.15, 0.2) is 0 Å². The number of carboxylic acid groups (broad SMARTS) is 1. The molecule has 5 aromatic rings. The van der Waals surface area contributed by atoms with Crippen molar-refractivity contribution >= 4 is 63.9 Å². The van der Waals surface area contributed by atoms with Crippen LogP contribution in [-0.2, 0) is 45.5 Å². The number of allylic oxidation sites excluding steroid dienone is 1. The SMILES string of the molecule is C=CC(C)(C)n1cc(C)c2ccccc21.CC(C)C.CC(C)CCN1CCCC(N(C)C(=O)C(C)NC(=O)CNC(=O)CN(C)C(=O)CNC(=O)C(N)Cc2ccccc2)C1=O.Cc1ccc2nccnc2c1.O=CO. The number of rotatable bonds is 17. The highest BCUT2D eigenvalue weighted by molar-refractivity contribution is 5.94. The molecule has 18 nitrogen and oxygen atoms in total. The molecule has 2 aromatic heterocycles. The molecule has 0 radical (unpaired) electrons. The molecule has 18 heteroatoms. The van der Waals surface area contributed by atoms with Gasteiger partial charge in [0.2, 0.25) is 35.4 Å². The number of amides is 6. The summed E-state index contributed by atoms with van der Waals surface area (Å²) in [7, 11) is 2.96. The van der Waals surface area contributed by atoms with E-state index in [0.29, 0.717) is 31.8 Å². The molecule has 6 amide bonds. The lowest BCUT2D eigenvalue weighted by Gasteiger charge is -2.38. The summed E-state index contributed by atoms with van der Waals surface area (Å²) in [4.78, 5) is 96.2. The molecule has 76 heavy (non-hydrogen) atoms. The Hall–Kier alpha value is -7.47. The van der Waals surface area contributed by atoms with E-state index >= 15 is 0 Å². The number of nitrogens with zero attached hydrogens (tertiary/aromatic N) is 6. The van der Waals surface area contributed by atoms with Gasteiger partial charge in [0.1, 0.15) is 12.1 Å². The first kappa shape index (κ1) is 64.6. The predicted molar refractivity (Wildman–Crippen MR) is 301 cm³/mol. The number of hydrogen-bond donors (Lipinski definition) is 5. The standard InChI is InChI=1S/C30H47N7O6.C14H17N.C9H8N2.C4H10.CH2O2/c1-20(2)13-15-37-14-9-12-24(30(37)43)36(5)29(42)21(3)34-25(38)17-32-26(39)19-35(4)27(40)18-33-28(41)23(31)16-22-10-7-6-8-11-22;1-5-14(3,4)15-10-11(2)12-8-6-7-9-13(12)15;1-7-2-3-8-9(6-7)11-5-4-10-8;1-4(2)3;2-1-3/h6-8,10-11,20-21,23-24H,9,12-19,31H2,1-5H3,(H,32,39)(H,33,41)(H,34,38);5-10H,1H2,2-4H3;2-6H,1H3;4H,1-3H3;1H,(H,2,3). The third-order valence-electron chi connectivity index (χ3n) is 12.0. The van der Waals surface area contributed by atoms with Crippen LogP contribution in [0.2, 0.25) is 0 Å². The van der Waals surface area contributed by atoms with E-state index in [4.69, 9.17) is 15.6 Å². The number of nitrogens with one attached hydrogen (secondary N) is 3. The first-order chi connectivity index (χ1) is 35.9. The van der Waals surface area contributed by atoms with Crippen molar-refractivity contribution in [1.82, 2.24) is 45.2 Å². The number of piperidine rings is 1. The first-order valence-electron chi connectivity index (χ1n) is 25.8. The lowest BCUT2D eigenvalue weighted by molar-refractivity contribution is -0.148. The van der Waals surface area contributed by atoms with E-state index in [-0.39, 0.29) is 31.0 Å². The highest BCUT2D eigenvalue weighted by atomic mass is 16.3. The van der Waals surface area contributed by atoms with Gasteiger partial charge in [-0.05, 0) is 107 Å². The Kier molecular flexibility index (Phi) is 27.9. The summed E-state index contributed by atoms with van der Waals surface area (Å²) in [6.45, 7) is 24.7. The molecule has 3 aromatic carbocycles. The van der Waals surface area contributed by atoms with Crippen LogP contribution in [0.3, 0.4) is 0 Å². The van der Waals surface area contributed by atoms with E-state index < -0.39 is 54.2 Å². The van der Waals surface area contributed by atoms with Gasteiger partial charge in [0, 0.05) is 56.7 Å². The minimum atomic E-state index is -0.908. The summed E-state index contributed by atoms with van der Waals surface area (Å²) in [5, 5.41) is 15.7. The highest BCUT2D eigenvalue weighted by Crippen LogP contribution is 2.28. The molecule has 1 fully saturated rings. The third kappa shape index (κ3) is 22.2. The number of carbonyl (C=O) groups is 7. The van der Waals surface area contributed by atoms with Crippen molar-refractivity contribution in [2.45, 2.75) is 119 Å².